The maximum atomic E-state index is 12.8. The second-order valence-corrected chi connectivity index (χ2v) is 5.69. The van der Waals surface area contributed by atoms with E-state index < -0.39 is 4.92 Å². The fraction of sp³-hybridized carbons (Fsp3) is 0.158. The van der Waals surface area contributed by atoms with Gasteiger partial charge in [-0.3, -0.25) is 19.9 Å². The van der Waals surface area contributed by atoms with E-state index in [0.717, 1.165) is 0 Å². The Kier molecular flexibility index (Phi) is 4.79. The van der Waals surface area contributed by atoms with Gasteiger partial charge in [0.25, 0.3) is 5.69 Å². The van der Waals surface area contributed by atoms with Crippen molar-refractivity contribution >= 4 is 28.7 Å². The van der Waals surface area contributed by atoms with Crippen LogP contribution >= 0.6 is 0 Å². The van der Waals surface area contributed by atoms with E-state index in [-0.39, 0.29) is 18.0 Å². The zero-order valence-electron chi connectivity index (χ0n) is 14.2. The molecule has 7 nitrogen and oxygen atoms in total. The predicted molar refractivity (Wildman–Crippen MR) is 99.5 cm³/mol. The van der Waals surface area contributed by atoms with Gasteiger partial charge >= 0.3 is 0 Å². The maximum Gasteiger partial charge on any atom is 0.269 e. The van der Waals surface area contributed by atoms with Crippen LogP contribution in [0.5, 0.6) is 5.75 Å². The lowest BCUT2D eigenvalue weighted by molar-refractivity contribution is -0.384. The van der Waals surface area contributed by atoms with Crippen LogP contribution in [0.3, 0.4) is 0 Å². The number of methoxy groups -OCH3 is 1. The van der Waals surface area contributed by atoms with Crippen molar-refractivity contribution < 1.29 is 14.5 Å². The molecule has 1 aliphatic rings. The van der Waals surface area contributed by atoms with Gasteiger partial charge in [-0.2, -0.15) is 0 Å². The first-order chi connectivity index (χ1) is 12.5. The molecule has 0 aliphatic carbocycles. The Morgan fingerprint density at radius 2 is 2.04 bits per heavy atom. The van der Waals surface area contributed by atoms with E-state index in [2.05, 4.69) is 11.6 Å². The van der Waals surface area contributed by atoms with Gasteiger partial charge in [0.2, 0.25) is 5.91 Å². The summed E-state index contributed by atoms with van der Waals surface area (Å²) in [4.78, 5) is 29.4. The second kappa shape index (κ2) is 7.18. The summed E-state index contributed by atoms with van der Waals surface area (Å²) in [5, 5.41) is 10.8. The van der Waals surface area contributed by atoms with Crippen LogP contribution in [0.2, 0.25) is 0 Å². The molecule has 26 heavy (non-hydrogen) atoms. The van der Waals surface area contributed by atoms with Crippen molar-refractivity contribution in [2.75, 3.05) is 18.6 Å². The number of carbonyl (C=O) groups is 1. The number of hydrogen-bond acceptors (Lipinski definition) is 5. The lowest BCUT2D eigenvalue weighted by Gasteiger charge is -2.21. The van der Waals surface area contributed by atoms with E-state index in [0.29, 0.717) is 34.9 Å². The van der Waals surface area contributed by atoms with Crippen molar-refractivity contribution in [3.63, 3.8) is 0 Å². The summed E-state index contributed by atoms with van der Waals surface area (Å²) in [6.45, 7) is 4.06. The van der Waals surface area contributed by atoms with Crippen LogP contribution < -0.4 is 9.64 Å². The summed E-state index contributed by atoms with van der Waals surface area (Å²) in [5.41, 5.74) is 2.50. The van der Waals surface area contributed by atoms with E-state index in [1.807, 2.05) is 0 Å². The van der Waals surface area contributed by atoms with Gasteiger partial charge in [-0.15, -0.1) is 6.58 Å². The fourth-order valence-electron chi connectivity index (χ4n) is 2.77. The number of benzene rings is 2. The zero-order chi connectivity index (χ0) is 18.7. The van der Waals surface area contributed by atoms with Crippen molar-refractivity contribution in [3.8, 4) is 5.75 Å². The average molecular weight is 351 g/mol. The van der Waals surface area contributed by atoms with Crippen LogP contribution in [-0.2, 0) is 4.79 Å². The highest BCUT2D eigenvalue weighted by molar-refractivity contribution is 6.17. The summed E-state index contributed by atoms with van der Waals surface area (Å²) in [6.07, 6.45) is 1.74. The Hall–Kier alpha value is -3.48. The van der Waals surface area contributed by atoms with Crippen LogP contribution in [0.1, 0.15) is 12.0 Å². The van der Waals surface area contributed by atoms with E-state index >= 15 is 0 Å². The standard InChI is InChI=1S/C19H17N3O4/c1-3-10-21-18-11-15(26-2)8-9-16(18)20-17(12-19(21)23)13-4-6-14(7-5-13)22(24)25/h3-9,11H,1,10,12H2,2H3. The largest absolute Gasteiger partial charge is 0.497 e. The summed E-state index contributed by atoms with van der Waals surface area (Å²) in [7, 11) is 1.56. The Labute approximate surface area is 150 Å². The number of ether oxygens (including phenoxy) is 1. The zero-order valence-corrected chi connectivity index (χ0v) is 14.2. The number of nitrogens with zero attached hydrogens (tertiary/aromatic N) is 3. The molecule has 0 fully saturated rings. The van der Waals surface area contributed by atoms with Gasteiger partial charge in [-0.1, -0.05) is 6.08 Å². The first kappa shape index (κ1) is 17.3. The number of carbonyl (C=O) groups excluding carboxylic acids is 1. The molecule has 0 spiro atoms. The van der Waals surface area contributed by atoms with Crippen molar-refractivity contribution in [2.45, 2.75) is 6.42 Å². The second-order valence-electron chi connectivity index (χ2n) is 5.69. The first-order valence-electron chi connectivity index (χ1n) is 7.95. The van der Waals surface area contributed by atoms with Crippen LogP contribution in [0, 0.1) is 10.1 Å². The van der Waals surface area contributed by atoms with Gasteiger partial charge in [0.15, 0.2) is 0 Å². The Balaban J connectivity index is 2.08. The topological polar surface area (TPSA) is 85.0 Å². The van der Waals surface area contributed by atoms with Gasteiger partial charge in [-0.25, -0.2) is 0 Å². The number of fused-ring (bicyclic) bond motifs is 1. The molecule has 0 N–H and O–H groups in total. The summed E-state index contributed by atoms with van der Waals surface area (Å²) < 4.78 is 5.25. The van der Waals surface area contributed by atoms with Crippen molar-refractivity contribution in [2.24, 2.45) is 4.99 Å². The number of anilines is 1. The smallest absolute Gasteiger partial charge is 0.269 e. The predicted octanol–water partition coefficient (Wildman–Crippen LogP) is 3.65. The van der Waals surface area contributed by atoms with E-state index in [9.17, 15) is 14.9 Å². The number of nitro benzene ring substituents is 1. The van der Waals surface area contributed by atoms with Crippen LogP contribution in [0.15, 0.2) is 60.1 Å². The quantitative estimate of drug-likeness (QED) is 0.467. The molecule has 2 aromatic rings. The van der Waals surface area contributed by atoms with Crippen LogP contribution in [0.25, 0.3) is 0 Å². The van der Waals surface area contributed by atoms with Crippen molar-refractivity contribution in [1.82, 2.24) is 0 Å². The Morgan fingerprint density at radius 3 is 2.65 bits per heavy atom. The third kappa shape index (κ3) is 3.32. The molecule has 7 heteroatoms. The van der Waals surface area contributed by atoms with Gasteiger partial charge in [0.1, 0.15) is 5.75 Å². The molecular weight excluding hydrogens is 334 g/mol. The average Bonchev–Trinajstić information content (AvgIpc) is 2.78. The Morgan fingerprint density at radius 1 is 1.31 bits per heavy atom. The molecule has 0 bridgehead atoms. The lowest BCUT2D eigenvalue weighted by atomic mass is 10.1. The molecule has 0 saturated heterocycles. The number of amides is 1. The van der Waals surface area contributed by atoms with Gasteiger partial charge in [-0.05, 0) is 29.8 Å². The molecule has 0 aromatic heterocycles. The minimum Gasteiger partial charge on any atom is -0.497 e. The molecule has 0 unspecified atom stereocenters. The number of aliphatic imine (C=N–C) groups is 1. The number of non-ortho nitro benzene ring substituents is 1. The molecule has 3 rings (SSSR count). The first-order valence-corrected chi connectivity index (χ1v) is 7.95. The highest BCUT2D eigenvalue weighted by Gasteiger charge is 2.25. The molecule has 0 atom stereocenters. The molecule has 2 aromatic carbocycles. The van der Waals surface area contributed by atoms with Gasteiger partial charge in [0.05, 0.1) is 35.5 Å². The summed E-state index contributed by atoms with van der Waals surface area (Å²) >= 11 is 0. The van der Waals surface area contributed by atoms with Crippen LogP contribution in [-0.4, -0.2) is 30.2 Å². The monoisotopic (exact) mass is 351 g/mol. The molecular formula is C19H17N3O4. The third-order valence-corrected chi connectivity index (χ3v) is 4.07. The van der Waals surface area contributed by atoms with Crippen molar-refractivity contribution in [3.05, 3.63) is 70.8 Å². The van der Waals surface area contributed by atoms with E-state index in [4.69, 9.17) is 4.74 Å². The third-order valence-electron chi connectivity index (χ3n) is 4.07. The molecule has 0 saturated carbocycles. The van der Waals surface area contributed by atoms with Gasteiger partial charge in [0, 0.05) is 24.7 Å². The molecule has 132 valence electrons. The summed E-state index contributed by atoms with van der Waals surface area (Å²) in [6, 6.07) is 11.4. The Bertz CT molecular complexity index is 904. The number of hydrogen-bond donors (Lipinski definition) is 0. The van der Waals surface area contributed by atoms with E-state index in [1.54, 1.807) is 48.4 Å². The minimum atomic E-state index is -0.461. The SMILES string of the molecule is C=CCN1C(=O)CC(c2ccc([N+](=O)[O-])cc2)=Nc2ccc(OC)cc21. The van der Waals surface area contributed by atoms with Crippen molar-refractivity contribution in [1.29, 1.82) is 0 Å². The molecule has 1 heterocycles. The molecule has 0 radical (unpaired) electrons. The highest BCUT2D eigenvalue weighted by atomic mass is 16.6. The summed E-state index contributed by atoms with van der Waals surface area (Å²) in [5.74, 6) is 0.494. The normalized spacial score (nSPS) is 13.5. The lowest BCUT2D eigenvalue weighted by Crippen LogP contribution is -2.31. The molecule has 1 aliphatic heterocycles. The highest BCUT2D eigenvalue weighted by Crippen LogP contribution is 2.36. The number of nitro groups is 1. The number of rotatable bonds is 5. The minimum absolute atomic E-state index is 0.00674. The molecule has 1 amide bonds. The van der Waals surface area contributed by atoms with Crippen LogP contribution in [0.4, 0.5) is 17.1 Å². The fourth-order valence-corrected chi connectivity index (χ4v) is 2.77. The maximum absolute atomic E-state index is 12.8. The van der Waals surface area contributed by atoms with E-state index in [1.165, 1.54) is 12.1 Å². The van der Waals surface area contributed by atoms with Gasteiger partial charge < -0.3 is 9.64 Å².